The van der Waals surface area contributed by atoms with E-state index >= 15 is 0 Å². The summed E-state index contributed by atoms with van der Waals surface area (Å²) in [5, 5.41) is 4.64. The molecule has 0 saturated carbocycles. The Morgan fingerprint density at radius 3 is 2.75 bits per heavy atom. The molecule has 2 saturated heterocycles. The standard InChI is InChI=1S/C22H23ClIN5O3/c1-28-18-3-2-15(8-13(18)9-19(21(28)30)32-16-11-31-12-16)26-20-17(23)10-25-22(27-20)29-6-4-14(24)5-7-29/h2-3,8-10,14,16H,4-7,11-12H2,1H3,(H,25,26,27). The van der Waals surface area contributed by atoms with Crippen LogP contribution in [0.4, 0.5) is 17.5 Å². The summed E-state index contributed by atoms with van der Waals surface area (Å²) in [7, 11) is 1.74. The summed E-state index contributed by atoms with van der Waals surface area (Å²) in [5.74, 6) is 1.56. The molecule has 4 heterocycles. The van der Waals surface area contributed by atoms with E-state index in [1.54, 1.807) is 23.9 Å². The van der Waals surface area contributed by atoms with Crippen molar-refractivity contribution in [3.05, 3.63) is 45.8 Å². The van der Waals surface area contributed by atoms with Crippen LogP contribution in [0.5, 0.6) is 5.75 Å². The first kappa shape index (κ1) is 21.7. The maximum Gasteiger partial charge on any atom is 0.293 e. The van der Waals surface area contributed by atoms with Gasteiger partial charge in [0, 0.05) is 35.1 Å². The van der Waals surface area contributed by atoms with Gasteiger partial charge in [0.15, 0.2) is 11.6 Å². The number of alkyl halides is 1. The number of ether oxygens (including phenoxy) is 2. The Morgan fingerprint density at radius 2 is 2.03 bits per heavy atom. The Morgan fingerprint density at radius 1 is 1.25 bits per heavy atom. The summed E-state index contributed by atoms with van der Waals surface area (Å²) in [4.78, 5) is 23.9. The molecule has 0 aliphatic carbocycles. The van der Waals surface area contributed by atoms with Gasteiger partial charge >= 0.3 is 0 Å². The lowest BCUT2D eigenvalue weighted by Gasteiger charge is -2.29. The van der Waals surface area contributed by atoms with Crippen LogP contribution in [-0.4, -0.2) is 50.9 Å². The number of benzene rings is 1. The second-order valence-corrected chi connectivity index (χ2v) is 10.2. The summed E-state index contributed by atoms with van der Waals surface area (Å²) in [5.41, 5.74) is 1.46. The number of pyridine rings is 1. The van der Waals surface area contributed by atoms with Crippen LogP contribution >= 0.6 is 34.2 Å². The molecule has 2 fully saturated rings. The van der Waals surface area contributed by atoms with Gasteiger partial charge < -0.3 is 24.3 Å². The highest BCUT2D eigenvalue weighted by Crippen LogP contribution is 2.29. The number of hydrogen-bond donors (Lipinski definition) is 1. The summed E-state index contributed by atoms with van der Waals surface area (Å²) in [6, 6.07) is 7.54. The minimum absolute atomic E-state index is 0.0722. The Kier molecular flexibility index (Phi) is 6.13. The fourth-order valence-corrected chi connectivity index (χ4v) is 4.56. The first-order valence-electron chi connectivity index (χ1n) is 10.5. The Balaban J connectivity index is 1.43. The van der Waals surface area contributed by atoms with Crippen molar-refractivity contribution in [3.8, 4) is 5.75 Å². The van der Waals surface area contributed by atoms with Gasteiger partial charge in [-0.05, 0) is 37.1 Å². The van der Waals surface area contributed by atoms with Crippen LogP contribution in [0.2, 0.25) is 5.02 Å². The highest BCUT2D eigenvalue weighted by Gasteiger charge is 2.22. The molecule has 1 N–H and O–H groups in total. The number of nitrogens with one attached hydrogen (secondary N) is 1. The molecule has 0 spiro atoms. The molecule has 2 aliphatic rings. The van der Waals surface area contributed by atoms with Crippen molar-refractivity contribution in [1.29, 1.82) is 0 Å². The van der Waals surface area contributed by atoms with E-state index in [1.807, 2.05) is 18.2 Å². The molecule has 3 aromatic rings. The van der Waals surface area contributed by atoms with Gasteiger partial charge in [-0.15, -0.1) is 0 Å². The van der Waals surface area contributed by atoms with Crippen molar-refractivity contribution in [1.82, 2.24) is 14.5 Å². The molecule has 0 atom stereocenters. The normalized spacial score (nSPS) is 17.4. The zero-order chi connectivity index (χ0) is 22.2. The molecule has 0 radical (unpaired) electrons. The van der Waals surface area contributed by atoms with E-state index in [1.165, 1.54) is 0 Å². The van der Waals surface area contributed by atoms with Gasteiger partial charge in [0.2, 0.25) is 5.95 Å². The van der Waals surface area contributed by atoms with Gasteiger partial charge in [-0.3, -0.25) is 4.79 Å². The molecule has 32 heavy (non-hydrogen) atoms. The number of aryl methyl sites for hydroxylation is 1. The fraction of sp³-hybridized carbons (Fsp3) is 0.409. The minimum atomic E-state index is -0.163. The van der Waals surface area contributed by atoms with E-state index in [4.69, 9.17) is 21.1 Å². The topological polar surface area (TPSA) is 81.5 Å². The molecule has 5 rings (SSSR count). The van der Waals surface area contributed by atoms with Crippen LogP contribution in [0, 0.1) is 0 Å². The number of halogens is 2. The summed E-state index contributed by atoms with van der Waals surface area (Å²) >= 11 is 8.89. The van der Waals surface area contributed by atoms with Crippen molar-refractivity contribution in [2.24, 2.45) is 7.05 Å². The van der Waals surface area contributed by atoms with E-state index in [2.05, 4.69) is 42.8 Å². The smallest absolute Gasteiger partial charge is 0.293 e. The zero-order valence-electron chi connectivity index (χ0n) is 17.6. The summed E-state index contributed by atoms with van der Waals surface area (Å²) in [6.07, 6.45) is 3.81. The molecule has 168 valence electrons. The maximum absolute atomic E-state index is 12.6. The lowest BCUT2D eigenvalue weighted by molar-refractivity contribution is -0.0802. The van der Waals surface area contributed by atoms with Crippen LogP contribution in [0.1, 0.15) is 12.8 Å². The SMILES string of the molecule is Cn1c(=O)c(OC2COC2)cc2cc(Nc3nc(N4CCC(I)CC4)ncc3Cl)ccc21. The third-order valence-electron chi connectivity index (χ3n) is 5.79. The van der Waals surface area contributed by atoms with E-state index in [0.29, 0.717) is 39.7 Å². The number of nitrogens with zero attached hydrogens (tertiary/aromatic N) is 4. The molecule has 0 bridgehead atoms. The highest BCUT2D eigenvalue weighted by atomic mass is 127. The highest BCUT2D eigenvalue weighted by molar-refractivity contribution is 14.1. The Labute approximate surface area is 204 Å². The fourth-order valence-electron chi connectivity index (χ4n) is 3.86. The van der Waals surface area contributed by atoms with Gasteiger partial charge in [-0.1, -0.05) is 34.2 Å². The lowest BCUT2D eigenvalue weighted by atomic mass is 10.1. The predicted octanol–water partition coefficient (Wildman–Crippen LogP) is 3.91. The van der Waals surface area contributed by atoms with E-state index in [9.17, 15) is 4.79 Å². The molecular formula is C22H23ClIN5O3. The number of fused-ring (bicyclic) bond motifs is 1. The van der Waals surface area contributed by atoms with Crippen molar-refractivity contribution in [2.45, 2.75) is 22.9 Å². The van der Waals surface area contributed by atoms with Crippen LogP contribution in [0.15, 0.2) is 35.3 Å². The average molecular weight is 568 g/mol. The third-order valence-corrected chi connectivity index (χ3v) is 7.32. The summed E-state index contributed by atoms with van der Waals surface area (Å²) in [6.45, 7) is 2.89. The Bertz CT molecular complexity index is 1210. The van der Waals surface area contributed by atoms with E-state index in [0.717, 1.165) is 42.5 Å². The van der Waals surface area contributed by atoms with Crippen molar-refractivity contribution in [3.63, 3.8) is 0 Å². The average Bonchev–Trinajstić information content (AvgIpc) is 2.76. The van der Waals surface area contributed by atoms with Crippen LogP contribution < -0.4 is 20.5 Å². The van der Waals surface area contributed by atoms with E-state index in [-0.39, 0.29) is 11.7 Å². The minimum Gasteiger partial charge on any atom is -0.480 e. The first-order chi connectivity index (χ1) is 15.5. The van der Waals surface area contributed by atoms with Gasteiger partial charge in [0.1, 0.15) is 11.1 Å². The van der Waals surface area contributed by atoms with Crippen LogP contribution in [0.25, 0.3) is 10.9 Å². The Hall–Kier alpha value is -2.11. The third kappa shape index (κ3) is 4.38. The predicted molar refractivity (Wildman–Crippen MR) is 134 cm³/mol. The van der Waals surface area contributed by atoms with Crippen molar-refractivity contribution in [2.75, 3.05) is 36.5 Å². The number of aromatic nitrogens is 3. The zero-order valence-corrected chi connectivity index (χ0v) is 20.5. The second kappa shape index (κ2) is 9.03. The number of anilines is 3. The largest absolute Gasteiger partial charge is 0.480 e. The van der Waals surface area contributed by atoms with Crippen LogP contribution in [0.3, 0.4) is 0 Å². The number of piperidine rings is 1. The number of hydrogen-bond acceptors (Lipinski definition) is 7. The molecule has 8 nitrogen and oxygen atoms in total. The molecular weight excluding hydrogens is 545 g/mol. The maximum atomic E-state index is 12.6. The monoisotopic (exact) mass is 567 g/mol. The van der Waals surface area contributed by atoms with Crippen LogP contribution in [-0.2, 0) is 11.8 Å². The van der Waals surface area contributed by atoms with Gasteiger partial charge in [0.25, 0.3) is 5.56 Å². The van der Waals surface area contributed by atoms with Gasteiger partial charge in [-0.2, -0.15) is 4.98 Å². The van der Waals surface area contributed by atoms with Crippen molar-refractivity contribution >= 4 is 62.5 Å². The summed E-state index contributed by atoms with van der Waals surface area (Å²) < 4.78 is 13.3. The molecule has 0 unspecified atom stereocenters. The molecule has 2 aliphatic heterocycles. The second-order valence-electron chi connectivity index (χ2n) is 8.08. The van der Waals surface area contributed by atoms with Crippen molar-refractivity contribution < 1.29 is 9.47 Å². The van der Waals surface area contributed by atoms with Gasteiger partial charge in [-0.25, -0.2) is 4.98 Å². The lowest BCUT2D eigenvalue weighted by Crippen LogP contribution is -2.40. The molecule has 0 amide bonds. The number of rotatable bonds is 5. The molecule has 10 heteroatoms. The molecule has 1 aromatic carbocycles. The first-order valence-corrected chi connectivity index (χ1v) is 12.2. The quantitative estimate of drug-likeness (QED) is 0.370. The van der Waals surface area contributed by atoms with Gasteiger partial charge in [0.05, 0.1) is 24.9 Å². The van der Waals surface area contributed by atoms with E-state index < -0.39 is 0 Å². The molecule has 2 aromatic heterocycles.